The molecule has 0 unspecified atom stereocenters. The molecule has 5 rings (SSSR count). The highest BCUT2D eigenvalue weighted by atomic mass is 16.8. The second-order valence-electron chi connectivity index (χ2n) is 19.9. The van der Waals surface area contributed by atoms with Gasteiger partial charge in [-0.15, -0.1) is 0 Å². The van der Waals surface area contributed by atoms with Crippen LogP contribution in [0.1, 0.15) is 120 Å². The van der Waals surface area contributed by atoms with Gasteiger partial charge in [0.2, 0.25) is 0 Å². The second-order valence-corrected chi connectivity index (χ2v) is 19.9. The molecule has 1 aromatic carbocycles. The second kappa shape index (κ2) is 15.6. The zero-order chi connectivity index (χ0) is 45.2. The first-order chi connectivity index (χ1) is 27.4. The van der Waals surface area contributed by atoms with E-state index >= 15 is 4.79 Å². The molecule has 1 aliphatic heterocycles. The Bertz CT molecular complexity index is 1910. The van der Waals surface area contributed by atoms with Gasteiger partial charge in [-0.1, -0.05) is 32.0 Å². The van der Waals surface area contributed by atoms with Crippen LogP contribution in [0.25, 0.3) is 0 Å². The Hall–Kier alpha value is -4.70. The smallest absolute Gasteiger partial charge is 0.455 e. The lowest BCUT2D eigenvalue weighted by Gasteiger charge is -2.67. The van der Waals surface area contributed by atoms with E-state index in [0.29, 0.717) is 0 Å². The molecule has 0 aromatic heterocycles. The standard InChI is InChI=1S/C44H60O16/c1-23-26(53-35(48)58-38(3,4)5)21-44(51)33(56-34(47)25-18-16-15-17-19-25)31-42(14,32(46)30(29(23)41(44,12)13)55-37(50)60-40(9,10)11)27(54-36(49)59-39(6,7)8)20-28-43(31,22-52-28)57-24(2)45/h15-19,26-28,30-31,33,51H,20-22H2,1-14H3/t26-,27-,28+,30+,31-,33-,42+,43-,44+/m0/s1. The molecule has 0 amide bonds. The molecule has 2 saturated carbocycles. The van der Waals surface area contributed by atoms with Crippen molar-refractivity contribution in [1.82, 2.24) is 0 Å². The van der Waals surface area contributed by atoms with Gasteiger partial charge in [0.25, 0.3) is 0 Å². The third-order valence-corrected chi connectivity index (χ3v) is 11.7. The van der Waals surface area contributed by atoms with Crippen molar-refractivity contribution in [3.63, 3.8) is 0 Å². The summed E-state index contributed by atoms with van der Waals surface area (Å²) in [6.07, 6.45) is -12.0. The fraction of sp³-hybridized carbons (Fsp3) is 0.682. The van der Waals surface area contributed by atoms with Gasteiger partial charge in [0, 0.05) is 25.2 Å². The number of esters is 2. The summed E-state index contributed by atoms with van der Waals surface area (Å²) in [5.41, 5.74) is -10.9. The van der Waals surface area contributed by atoms with Crippen molar-refractivity contribution >= 4 is 36.2 Å². The molecule has 4 aliphatic rings. The first-order valence-electron chi connectivity index (χ1n) is 20.1. The number of Topliss-reactive ketones (excluding diaryl/α,β-unsaturated/α-hetero) is 1. The average Bonchev–Trinajstić information content (AvgIpc) is 3.07. The van der Waals surface area contributed by atoms with Crippen LogP contribution in [0.2, 0.25) is 0 Å². The van der Waals surface area contributed by atoms with E-state index in [2.05, 4.69) is 0 Å². The Kier molecular flexibility index (Phi) is 12.1. The van der Waals surface area contributed by atoms with Crippen LogP contribution in [0.15, 0.2) is 41.5 Å². The minimum Gasteiger partial charge on any atom is -0.455 e. The van der Waals surface area contributed by atoms with E-state index in [1.807, 2.05) is 0 Å². The minimum absolute atomic E-state index is 0.00867. The zero-order valence-corrected chi connectivity index (χ0v) is 37.0. The lowest BCUT2D eigenvalue weighted by molar-refractivity contribution is -0.346. The van der Waals surface area contributed by atoms with Crippen LogP contribution in [0.5, 0.6) is 0 Å². The normalized spacial score (nSPS) is 32.3. The fourth-order valence-corrected chi connectivity index (χ4v) is 9.15. The van der Waals surface area contributed by atoms with Crippen LogP contribution >= 0.6 is 0 Å². The lowest BCUT2D eigenvalue weighted by atomic mass is 9.44. The third kappa shape index (κ3) is 8.72. The first kappa shape index (κ1) is 46.4. The Morgan fingerprint density at radius 2 is 1.28 bits per heavy atom. The topological polar surface area (TPSA) is 206 Å². The van der Waals surface area contributed by atoms with Gasteiger partial charge in [0.15, 0.2) is 17.5 Å². The number of hydrogen-bond acceptors (Lipinski definition) is 16. The van der Waals surface area contributed by atoms with Crippen molar-refractivity contribution in [3.05, 3.63) is 47.0 Å². The number of fused-ring (bicyclic) bond motifs is 5. The maximum absolute atomic E-state index is 16.1. The SMILES string of the molecule is CC(=O)O[C@@]12CO[C@@H]1C[C@H](OC(=O)OC(C)(C)C)[C@@]1(C)C(=O)[C@H](OC(=O)OC(C)(C)C)C3=C(C)[C@@H](OC(=O)OC(C)(C)C)C[C@@](O)([C@@H](OC(=O)c4ccccc4)[C@H]21)C3(C)C. The summed E-state index contributed by atoms with van der Waals surface area (Å²) < 4.78 is 53.3. The number of ether oxygens (including phenoxy) is 9. The molecule has 0 radical (unpaired) electrons. The summed E-state index contributed by atoms with van der Waals surface area (Å²) in [6, 6.07) is 7.89. The molecule has 2 bridgehead atoms. The molecular weight excluding hydrogens is 784 g/mol. The van der Waals surface area contributed by atoms with Crippen LogP contribution in [0, 0.1) is 16.7 Å². The lowest BCUT2D eigenvalue weighted by Crippen LogP contribution is -2.82. The third-order valence-electron chi connectivity index (χ3n) is 11.7. The summed E-state index contributed by atoms with van der Waals surface area (Å²) in [4.78, 5) is 84.4. The number of aliphatic hydroxyl groups is 1. The maximum Gasteiger partial charge on any atom is 0.509 e. The van der Waals surface area contributed by atoms with Gasteiger partial charge in [0.05, 0.1) is 23.5 Å². The monoisotopic (exact) mass is 844 g/mol. The van der Waals surface area contributed by atoms with Crippen LogP contribution < -0.4 is 0 Å². The highest BCUT2D eigenvalue weighted by Crippen LogP contribution is 2.65. The molecule has 332 valence electrons. The number of benzene rings is 1. The molecule has 3 aliphatic carbocycles. The van der Waals surface area contributed by atoms with E-state index in [9.17, 15) is 29.1 Å². The quantitative estimate of drug-likeness (QED) is 0.175. The molecular formula is C44H60O16. The summed E-state index contributed by atoms with van der Waals surface area (Å²) in [7, 11) is 0. The molecule has 16 heteroatoms. The van der Waals surface area contributed by atoms with Crippen molar-refractivity contribution in [2.45, 2.75) is 168 Å². The van der Waals surface area contributed by atoms with E-state index in [1.165, 1.54) is 19.1 Å². The maximum atomic E-state index is 16.1. The van der Waals surface area contributed by atoms with Gasteiger partial charge in [-0.25, -0.2) is 19.2 Å². The van der Waals surface area contributed by atoms with Crippen molar-refractivity contribution < 1.29 is 76.5 Å². The highest BCUT2D eigenvalue weighted by molar-refractivity contribution is 5.95. The van der Waals surface area contributed by atoms with Gasteiger partial charge in [-0.05, 0) is 99.4 Å². The van der Waals surface area contributed by atoms with Crippen LogP contribution in [-0.2, 0) is 52.2 Å². The largest absolute Gasteiger partial charge is 0.509 e. The van der Waals surface area contributed by atoms with E-state index in [-0.39, 0.29) is 29.7 Å². The van der Waals surface area contributed by atoms with Gasteiger partial charge in [0.1, 0.15) is 46.8 Å². The first-order valence-corrected chi connectivity index (χ1v) is 20.1. The molecule has 1 heterocycles. The average molecular weight is 845 g/mol. The summed E-state index contributed by atoms with van der Waals surface area (Å²) in [5.74, 6) is -4.22. The molecule has 16 nitrogen and oxygen atoms in total. The Morgan fingerprint density at radius 1 is 0.767 bits per heavy atom. The molecule has 1 saturated heterocycles. The van der Waals surface area contributed by atoms with Gasteiger partial charge < -0.3 is 47.7 Å². The Balaban J connectivity index is 1.88. The van der Waals surface area contributed by atoms with Crippen molar-refractivity contribution in [3.8, 4) is 0 Å². The molecule has 9 atom stereocenters. The van der Waals surface area contributed by atoms with Gasteiger partial charge in [-0.3, -0.25) is 9.59 Å². The number of carbonyl (C=O) groups excluding carboxylic acids is 6. The van der Waals surface area contributed by atoms with Gasteiger partial charge in [-0.2, -0.15) is 0 Å². The highest BCUT2D eigenvalue weighted by Gasteiger charge is 2.79. The van der Waals surface area contributed by atoms with Gasteiger partial charge >= 0.3 is 30.4 Å². The zero-order valence-electron chi connectivity index (χ0n) is 37.0. The van der Waals surface area contributed by atoms with E-state index in [4.69, 9.17) is 42.6 Å². The fourth-order valence-electron chi connectivity index (χ4n) is 9.15. The molecule has 0 spiro atoms. The summed E-state index contributed by atoms with van der Waals surface area (Å²) in [6.45, 7) is 21.5. The molecule has 1 aromatic rings. The van der Waals surface area contributed by atoms with Crippen LogP contribution in [-0.4, -0.2) is 106 Å². The van der Waals surface area contributed by atoms with Crippen molar-refractivity contribution in [2.75, 3.05) is 6.61 Å². The number of ketones is 1. The van der Waals surface area contributed by atoms with Crippen molar-refractivity contribution in [2.24, 2.45) is 16.7 Å². The van der Waals surface area contributed by atoms with E-state index in [1.54, 1.807) is 101 Å². The Labute approximate surface area is 350 Å². The molecule has 60 heavy (non-hydrogen) atoms. The van der Waals surface area contributed by atoms with Crippen LogP contribution in [0.4, 0.5) is 14.4 Å². The predicted molar refractivity (Wildman–Crippen MR) is 210 cm³/mol. The Morgan fingerprint density at radius 3 is 1.77 bits per heavy atom. The number of rotatable bonds is 6. The van der Waals surface area contributed by atoms with E-state index < -0.39 is 118 Å². The summed E-state index contributed by atoms with van der Waals surface area (Å²) >= 11 is 0. The number of hydrogen-bond donors (Lipinski definition) is 1. The molecule has 3 fully saturated rings. The van der Waals surface area contributed by atoms with Crippen LogP contribution in [0.3, 0.4) is 0 Å². The molecule has 1 N–H and O–H groups in total. The van der Waals surface area contributed by atoms with Crippen molar-refractivity contribution in [1.29, 1.82) is 0 Å². The number of carbonyl (C=O) groups is 6. The predicted octanol–water partition coefficient (Wildman–Crippen LogP) is 6.96. The minimum atomic E-state index is -2.37. The summed E-state index contributed by atoms with van der Waals surface area (Å²) in [5, 5.41) is 13.8. The van der Waals surface area contributed by atoms with E-state index in [0.717, 1.165) is 6.92 Å².